The molecule has 0 spiro atoms. The van der Waals surface area contributed by atoms with E-state index >= 15 is 0 Å². The molecule has 0 fully saturated rings. The first-order valence-corrected chi connectivity index (χ1v) is 10.1. The van der Waals surface area contributed by atoms with Crippen molar-refractivity contribution < 1.29 is 0 Å². The lowest BCUT2D eigenvalue weighted by molar-refractivity contribution is 0.678. The van der Waals surface area contributed by atoms with Gasteiger partial charge in [0.05, 0.1) is 11.8 Å². The third-order valence-corrected chi connectivity index (χ3v) is 4.74. The van der Waals surface area contributed by atoms with Crippen LogP contribution in [0.4, 0.5) is 17.3 Å². The molecule has 0 bridgehead atoms. The van der Waals surface area contributed by atoms with Gasteiger partial charge >= 0.3 is 0 Å². The first-order valence-electron chi connectivity index (χ1n) is 10.1. The van der Waals surface area contributed by atoms with E-state index in [0.717, 1.165) is 50.0 Å². The molecule has 0 N–H and O–H groups in total. The Bertz CT molecular complexity index is 1010. The minimum absolute atomic E-state index is 0.0163. The second-order valence-electron chi connectivity index (χ2n) is 6.94. The first kappa shape index (κ1) is 22.6. The maximum absolute atomic E-state index is 9.26. The van der Waals surface area contributed by atoms with E-state index in [9.17, 15) is 5.26 Å². The fraction of sp³-hybridized carbons (Fsp3) is 0.455. The molecule has 0 unspecified atom stereocenters. The largest absolute Gasteiger partial charge is 0.372 e. The van der Waals surface area contributed by atoms with Gasteiger partial charge in [0, 0.05) is 18.8 Å². The van der Waals surface area contributed by atoms with Gasteiger partial charge in [-0.1, -0.05) is 26.7 Å². The van der Waals surface area contributed by atoms with Crippen molar-refractivity contribution in [2.24, 2.45) is 10.2 Å². The summed E-state index contributed by atoms with van der Waals surface area (Å²) in [5.74, 6) is 0.0700. The first-order chi connectivity index (χ1) is 14.6. The molecular weight excluding hydrogens is 376 g/mol. The third-order valence-electron chi connectivity index (χ3n) is 4.74. The molecule has 2 aromatic rings. The summed E-state index contributed by atoms with van der Waals surface area (Å²) in [5.41, 5.74) is 2.76. The fourth-order valence-corrected chi connectivity index (χ4v) is 3.04. The highest BCUT2D eigenvalue weighted by Gasteiger charge is 2.16. The van der Waals surface area contributed by atoms with E-state index in [4.69, 9.17) is 10.5 Å². The Morgan fingerprint density at radius 3 is 2.27 bits per heavy atom. The number of nitriles is 3. The van der Waals surface area contributed by atoms with Gasteiger partial charge in [-0.3, -0.25) is 4.57 Å². The molecule has 8 heteroatoms. The van der Waals surface area contributed by atoms with Crippen molar-refractivity contribution in [2.45, 2.75) is 53.0 Å². The monoisotopic (exact) mass is 402 g/mol. The van der Waals surface area contributed by atoms with Crippen LogP contribution >= 0.6 is 0 Å². The van der Waals surface area contributed by atoms with Gasteiger partial charge in [0.15, 0.2) is 11.4 Å². The van der Waals surface area contributed by atoms with E-state index in [1.807, 2.05) is 37.3 Å². The molecule has 0 aliphatic carbocycles. The maximum atomic E-state index is 9.26. The van der Waals surface area contributed by atoms with Gasteiger partial charge in [-0.2, -0.15) is 20.8 Å². The number of unbranched alkanes of at least 4 members (excludes halogenated alkanes) is 2. The molecule has 30 heavy (non-hydrogen) atoms. The highest BCUT2D eigenvalue weighted by atomic mass is 15.3. The minimum atomic E-state index is -0.131. The molecule has 0 aliphatic heterocycles. The van der Waals surface area contributed by atoms with Crippen molar-refractivity contribution in [1.29, 1.82) is 15.8 Å². The van der Waals surface area contributed by atoms with Gasteiger partial charge in [0.25, 0.3) is 5.95 Å². The zero-order chi connectivity index (χ0) is 21.9. The molecule has 0 atom stereocenters. The Hall–Kier alpha value is -3.70. The summed E-state index contributed by atoms with van der Waals surface area (Å²) in [6.07, 6.45) is 4.60. The summed E-state index contributed by atoms with van der Waals surface area (Å²) in [6, 6.07) is 11.8. The van der Waals surface area contributed by atoms with E-state index in [-0.39, 0.29) is 23.9 Å². The highest BCUT2D eigenvalue weighted by Crippen LogP contribution is 2.27. The lowest BCUT2D eigenvalue weighted by Gasteiger charge is -2.25. The van der Waals surface area contributed by atoms with Gasteiger partial charge in [-0.25, -0.2) is 0 Å². The molecule has 1 heterocycles. The number of aryl methyl sites for hydroxylation is 1. The van der Waals surface area contributed by atoms with E-state index in [0.29, 0.717) is 5.69 Å². The number of imidazole rings is 1. The number of azo groups is 1. The molecule has 0 radical (unpaired) electrons. The lowest BCUT2D eigenvalue weighted by atomic mass is 10.1. The normalized spacial score (nSPS) is 10.5. The summed E-state index contributed by atoms with van der Waals surface area (Å²) in [6.45, 7) is 8.27. The van der Waals surface area contributed by atoms with Gasteiger partial charge in [-0.05, 0) is 43.5 Å². The number of aromatic nitrogens is 2. The smallest absolute Gasteiger partial charge is 0.252 e. The number of nitrogens with zero attached hydrogens (tertiary/aromatic N) is 8. The summed E-state index contributed by atoms with van der Waals surface area (Å²) in [4.78, 5) is 6.44. The molecule has 0 amide bonds. The van der Waals surface area contributed by atoms with Crippen molar-refractivity contribution >= 4 is 17.3 Å². The molecular formula is C22H26N8. The number of rotatable bonds is 10. The van der Waals surface area contributed by atoms with Crippen molar-refractivity contribution in [3.8, 4) is 18.2 Å². The molecule has 2 rings (SSSR count). The number of hydrogen-bond donors (Lipinski definition) is 0. The van der Waals surface area contributed by atoms with Crippen LogP contribution in [0.1, 0.15) is 56.5 Å². The Balaban J connectivity index is 2.31. The van der Waals surface area contributed by atoms with Gasteiger partial charge in [0.1, 0.15) is 18.7 Å². The van der Waals surface area contributed by atoms with Gasteiger partial charge in [-0.15, -0.1) is 10.2 Å². The second-order valence-corrected chi connectivity index (χ2v) is 6.94. The fourth-order valence-electron chi connectivity index (χ4n) is 3.04. The van der Waals surface area contributed by atoms with Crippen LogP contribution < -0.4 is 4.90 Å². The molecule has 0 saturated carbocycles. The molecule has 1 aromatic carbocycles. The van der Waals surface area contributed by atoms with Crippen molar-refractivity contribution in [2.75, 3.05) is 18.0 Å². The van der Waals surface area contributed by atoms with Crippen LogP contribution in [0.2, 0.25) is 0 Å². The van der Waals surface area contributed by atoms with Crippen LogP contribution in [-0.4, -0.2) is 22.6 Å². The van der Waals surface area contributed by atoms with E-state index in [1.54, 1.807) is 0 Å². The van der Waals surface area contributed by atoms with E-state index in [2.05, 4.69) is 40.0 Å². The summed E-state index contributed by atoms with van der Waals surface area (Å²) >= 11 is 0. The summed E-state index contributed by atoms with van der Waals surface area (Å²) < 4.78 is 1.29. The zero-order valence-electron chi connectivity index (χ0n) is 17.8. The lowest BCUT2D eigenvalue weighted by Crippen LogP contribution is -2.25. The average Bonchev–Trinajstić information content (AvgIpc) is 3.09. The molecule has 154 valence electrons. The summed E-state index contributed by atoms with van der Waals surface area (Å²) in [7, 11) is 0. The highest BCUT2D eigenvalue weighted by molar-refractivity contribution is 5.57. The minimum Gasteiger partial charge on any atom is -0.372 e. The third kappa shape index (κ3) is 5.43. The Kier molecular flexibility index (Phi) is 8.54. The van der Waals surface area contributed by atoms with Crippen LogP contribution in [0.3, 0.4) is 0 Å². The molecule has 0 saturated heterocycles. The SMILES string of the molecule is CCCCN(CCCC)c1ccc(N=Nc2nc(C#N)c(C#N)n2CC#N)c(C)c1. The topological polar surface area (TPSA) is 117 Å². The number of anilines is 1. The van der Waals surface area contributed by atoms with Crippen molar-refractivity contribution in [1.82, 2.24) is 9.55 Å². The summed E-state index contributed by atoms with van der Waals surface area (Å²) in [5, 5.41) is 35.8. The Labute approximate surface area is 177 Å². The zero-order valence-corrected chi connectivity index (χ0v) is 17.8. The maximum Gasteiger partial charge on any atom is 0.252 e. The van der Waals surface area contributed by atoms with Gasteiger partial charge < -0.3 is 4.90 Å². The number of hydrogen-bond acceptors (Lipinski definition) is 7. The van der Waals surface area contributed by atoms with E-state index in [1.165, 1.54) is 4.57 Å². The predicted molar refractivity (Wildman–Crippen MR) is 115 cm³/mol. The standard InChI is InChI=1S/C22H26N8/c1-4-6-11-29(12-7-5-2)18-8-9-19(17(3)14-18)27-28-22-26-20(15-24)21(16-25)30(22)13-10-23/h8-9,14H,4-7,11-13H2,1-3H3. The predicted octanol–water partition coefficient (Wildman–Crippen LogP) is 5.28. The van der Waals surface area contributed by atoms with Crippen LogP contribution in [0, 0.1) is 40.9 Å². The Morgan fingerprint density at radius 2 is 1.73 bits per heavy atom. The Morgan fingerprint density at radius 1 is 1.03 bits per heavy atom. The molecule has 0 aliphatic rings. The van der Waals surface area contributed by atoms with Crippen molar-refractivity contribution in [3.05, 3.63) is 35.2 Å². The van der Waals surface area contributed by atoms with Crippen LogP contribution in [0.5, 0.6) is 0 Å². The van der Waals surface area contributed by atoms with Crippen LogP contribution in [-0.2, 0) is 6.54 Å². The number of benzene rings is 1. The average molecular weight is 403 g/mol. The quantitative estimate of drug-likeness (QED) is 0.501. The van der Waals surface area contributed by atoms with Crippen molar-refractivity contribution in [3.63, 3.8) is 0 Å². The van der Waals surface area contributed by atoms with Crippen LogP contribution in [0.15, 0.2) is 28.4 Å². The van der Waals surface area contributed by atoms with E-state index < -0.39 is 0 Å². The molecule has 1 aromatic heterocycles. The van der Waals surface area contributed by atoms with Gasteiger partial charge in [0.2, 0.25) is 0 Å². The second kappa shape index (κ2) is 11.3. The van der Waals surface area contributed by atoms with Crippen LogP contribution in [0.25, 0.3) is 0 Å². The molecule has 8 nitrogen and oxygen atoms in total.